The summed E-state index contributed by atoms with van der Waals surface area (Å²) in [5, 5.41) is 13.1. The van der Waals surface area contributed by atoms with E-state index in [1.807, 2.05) is 11.4 Å². The molecule has 4 rings (SSSR count). The van der Waals surface area contributed by atoms with Crippen LogP contribution in [0.25, 0.3) is 21.6 Å². The van der Waals surface area contributed by atoms with Gasteiger partial charge in [-0.25, -0.2) is 9.97 Å². The highest BCUT2D eigenvalue weighted by Crippen LogP contribution is 2.33. The topological polar surface area (TPSA) is 94.3 Å². The van der Waals surface area contributed by atoms with Crippen molar-refractivity contribution >= 4 is 33.1 Å². The molecule has 128 valence electrons. The smallest absolute Gasteiger partial charge is 0.288 e. The Morgan fingerprint density at radius 3 is 2.88 bits per heavy atom. The third-order valence-corrected chi connectivity index (χ3v) is 5.02. The van der Waals surface area contributed by atoms with Crippen molar-refractivity contribution in [2.24, 2.45) is 0 Å². The summed E-state index contributed by atoms with van der Waals surface area (Å²) >= 11 is 1.59. The standard InChI is InChI=1S/C16H15N5O3S/c1-10-12(8-11(9-17-10)21(22)23)15-18-13-2-7-25-14(13)16(19-15)20-3-5-24-6-4-20/h2,7-9H,3-6H2,1H3. The maximum absolute atomic E-state index is 11.1. The number of fused-ring (bicyclic) bond motifs is 1. The van der Waals surface area contributed by atoms with Crippen molar-refractivity contribution in [3.05, 3.63) is 39.5 Å². The average Bonchev–Trinajstić information content (AvgIpc) is 3.10. The molecule has 1 saturated heterocycles. The molecule has 3 aromatic heterocycles. The average molecular weight is 357 g/mol. The van der Waals surface area contributed by atoms with E-state index in [2.05, 4.69) is 14.9 Å². The fraction of sp³-hybridized carbons (Fsp3) is 0.312. The molecule has 0 atom stereocenters. The van der Waals surface area contributed by atoms with E-state index >= 15 is 0 Å². The number of hydrogen-bond donors (Lipinski definition) is 0. The van der Waals surface area contributed by atoms with Crippen molar-refractivity contribution in [2.45, 2.75) is 6.92 Å². The molecule has 9 heteroatoms. The summed E-state index contributed by atoms with van der Waals surface area (Å²) in [6.07, 6.45) is 1.25. The minimum atomic E-state index is -0.456. The van der Waals surface area contributed by atoms with Gasteiger partial charge < -0.3 is 9.64 Å². The molecule has 25 heavy (non-hydrogen) atoms. The number of thiophene rings is 1. The van der Waals surface area contributed by atoms with Crippen LogP contribution in [-0.4, -0.2) is 46.2 Å². The molecule has 0 amide bonds. The van der Waals surface area contributed by atoms with Gasteiger partial charge in [-0.05, 0) is 18.4 Å². The summed E-state index contributed by atoms with van der Waals surface area (Å²) in [6.45, 7) is 4.63. The number of aryl methyl sites for hydroxylation is 1. The van der Waals surface area contributed by atoms with Gasteiger partial charge in [-0.15, -0.1) is 11.3 Å². The SMILES string of the molecule is Cc1ncc([N+](=O)[O-])cc1-c1nc(N2CCOCC2)c2sccc2n1. The Balaban J connectivity index is 1.88. The number of hydrogen-bond acceptors (Lipinski definition) is 8. The Morgan fingerprint density at radius 1 is 1.32 bits per heavy atom. The Labute approximate surface area is 147 Å². The van der Waals surface area contributed by atoms with Crippen LogP contribution in [0.1, 0.15) is 5.69 Å². The number of nitro groups is 1. The van der Waals surface area contributed by atoms with Gasteiger partial charge in [-0.2, -0.15) is 0 Å². The minimum absolute atomic E-state index is 0.0671. The van der Waals surface area contributed by atoms with Gasteiger partial charge in [0.25, 0.3) is 5.69 Å². The zero-order valence-electron chi connectivity index (χ0n) is 13.5. The van der Waals surface area contributed by atoms with Crippen molar-refractivity contribution in [3.63, 3.8) is 0 Å². The van der Waals surface area contributed by atoms with Crippen LogP contribution in [0.5, 0.6) is 0 Å². The van der Waals surface area contributed by atoms with Crippen LogP contribution in [0.4, 0.5) is 11.5 Å². The maximum atomic E-state index is 11.1. The first kappa shape index (κ1) is 15.9. The Hall–Kier alpha value is -2.65. The van der Waals surface area contributed by atoms with Crippen molar-refractivity contribution in [3.8, 4) is 11.4 Å². The lowest BCUT2D eigenvalue weighted by molar-refractivity contribution is -0.385. The summed E-state index contributed by atoms with van der Waals surface area (Å²) in [5.74, 6) is 1.31. The molecule has 0 saturated carbocycles. The number of morpholine rings is 1. The highest BCUT2D eigenvalue weighted by molar-refractivity contribution is 7.17. The molecule has 0 N–H and O–H groups in total. The first-order valence-electron chi connectivity index (χ1n) is 7.83. The number of nitrogens with zero attached hydrogens (tertiary/aromatic N) is 5. The van der Waals surface area contributed by atoms with Gasteiger partial charge in [0.1, 0.15) is 6.20 Å². The van der Waals surface area contributed by atoms with E-state index in [-0.39, 0.29) is 5.69 Å². The van der Waals surface area contributed by atoms with Crippen LogP contribution < -0.4 is 4.90 Å². The van der Waals surface area contributed by atoms with Crippen LogP contribution in [0.3, 0.4) is 0 Å². The molecular weight excluding hydrogens is 342 g/mol. The zero-order valence-corrected chi connectivity index (χ0v) is 14.3. The molecule has 1 aliphatic heterocycles. The normalized spacial score (nSPS) is 14.8. The molecule has 0 radical (unpaired) electrons. The van der Waals surface area contributed by atoms with Crippen molar-refractivity contribution in [1.82, 2.24) is 15.0 Å². The highest BCUT2D eigenvalue weighted by atomic mass is 32.1. The lowest BCUT2D eigenvalue weighted by Gasteiger charge is -2.28. The predicted molar refractivity (Wildman–Crippen MR) is 95.1 cm³/mol. The summed E-state index contributed by atoms with van der Waals surface area (Å²) in [4.78, 5) is 26.3. The van der Waals surface area contributed by atoms with E-state index in [0.717, 1.165) is 29.1 Å². The second-order valence-corrected chi connectivity index (χ2v) is 6.60. The second-order valence-electron chi connectivity index (χ2n) is 5.69. The van der Waals surface area contributed by atoms with E-state index < -0.39 is 4.92 Å². The molecule has 0 aliphatic carbocycles. The number of ether oxygens (including phenoxy) is 1. The molecule has 4 heterocycles. The van der Waals surface area contributed by atoms with Crippen molar-refractivity contribution in [2.75, 3.05) is 31.2 Å². The van der Waals surface area contributed by atoms with Crippen LogP contribution >= 0.6 is 11.3 Å². The molecule has 0 unspecified atom stereocenters. The van der Waals surface area contributed by atoms with Crippen LogP contribution in [0.2, 0.25) is 0 Å². The van der Waals surface area contributed by atoms with Gasteiger partial charge in [0.2, 0.25) is 0 Å². The van der Waals surface area contributed by atoms with Gasteiger partial charge in [0.05, 0.1) is 28.4 Å². The van der Waals surface area contributed by atoms with E-state index in [1.54, 1.807) is 18.3 Å². The van der Waals surface area contributed by atoms with Gasteiger partial charge in [0, 0.05) is 30.4 Å². The monoisotopic (exact) mass is 357 g/mol. The predicted octanol–water partition coefficient (Wildman–Crippen LogP) is 2.81. The quantitative estimate of drug-likeness (QED) is 0.525. The van der Waals surface area contributed by atoms with Gasteiger partial charge in [-0.1, -0.05) is 0 Å². The second kappa shape index (κ2) is 6.34. The third-order valence-electron chi connectivity index (χ3n) is 4.12. The number of pyridine rings is 1. The first-order chi connectivity index (χ1) is 12.1. The molecule has 0 spiro atoms. The lowest BCUT2D eigenvalue weighted by Crippen LogP contribution is -2.36. The summed E-state index contributed by atoms with van der Waals surface area (Å²) < 4.78 is 6.44. The van der Waals surface area contributed by atoms with Crippen LogP contribution in [0.15, 0.2) is 23.7 Å². The van der Waals surface area contributed by atoms with Crippen molar-refractivity contribution < 1.29 is 9.66 Å². The van der Waals surface area contributed by atoms with Gasteiger partial charge in [0.15, 0.2) is 11.6 Å². The number of rotatable bonds is 3. The summed E-state index contributed by atoms with van der Waals surface area (Å²) in [7, 11) is 0. The Morgan fingerprint density at radius 2 is 2.12 bits per heavy atom. The summed E-state index contributed by atoms with van der Waals surface area (Å²) in [5.41, 5.74) is 2.01. The third kappa shape index (κ3) is 2.92. The number of aromatic nitrogens is 3. The lowest BCUT2D eigenvalue weighted by atomic mass is 10.1. The molecule has 0 bridgehead atoms. The highest BCUT2D eigenvalue weighted by Gasteiger charge is 2.20. The molecule has 8 nitrogen and oxygen atoms in total. The zero-order chi connectivity index (χ0) is 17.4. The van der Waals surface area contributed by atoms with Gasteiger partial charge in [-0.3, -0.25) is 15.1 Å². The maximum Gasteiger partial charge on any atom is 0.288 e. The first-order valence-corrected chi connectivity index (χ1v) is 8.71. The molecule has 3 aromatic rings. The molecule has 0 aromatic carbocycles. The van der Waals surface area contributed by atoms with E-state index in [4.69, 9.17) is 9.72 Å². The molecular formula is C16H15N5O3S. The largest absolute Gasteiger partial charge is 0.378 e. The fourth-order valence-corrected chi connectivity index (χ4v) is 3.65. The van der Waals surface area contributed by atoms with E-state index in [1.165, 1.54) is 12.3 Å². The van der Waals surface area contributed by atoms with Gasteiger partial charge >= 0.3 is 0 Å². The minimum Gasteiger partial charge on any atom is -0.378 e. The Kier molecular flexibility index (Phi) is 4.02. The van der Waals surface area contributed by atoms with E-state index in [0.29, 0.717) is 30.3 Å². The molecule has 1 fully saturated rings. The van der Waals surface area contributed by atoms with Crippen LogP contribution in [-0.2, 0) is 4.74 Å². The summed E-state index contributed by atoms with van der Waals surface area (Å²) in [6, 6.07) is 3.42. The number of anilines is 1. The van der Waals surface area contributed by atoms with Crippen molar-refractivity contribution in [1.29, 1.82) is 0 Å². The fourth-order valence-electron chi connectivity index (χ4n) is 2.81. The van der Waals surface area contributed by atoms with E-state index in [9.17, 15) is 10.1 Å². The molecule has 1 aliphatic rings. The Bertz CT molecular complexity index is 952. The van der Waals surface area contributed by atoms with Crippen LogP contribution in [0, 0.1) is 17.0 Å².